The van der Waals surface area contributed by atoms with Gasteiger partial charge in [-0.3, -0.25) is 19.9 Å². The molecule has 1 saturated heterocycles. The molecule has 11 heteroatoms. The third-order valence-electron chi connectivity index (χ3n) is 7.00. The zero-order chi connectivity index (χ0) is 27.2. The van der Waals surface area contributed by atoms with Crippen LogP contribution in [0.2, 0.25) is 0 Å². The summed E-state index contributed by atoms with van der Waals surface area (Å²) in [6, 6.07) is 6.26. The van der Waals surface area contributed by atoms with Gasteiger partial charge in [0.25, 0.3) is 0 Å². The van der Waals surface area contributed by atoms with Crippen LogP contribution in [0.4, 0.5) is 17.6 Å². The third-order valence-corrected chi connectivity index (χ3v) is 7.00. The number of hydroxylamine groups is 1. The van der Waals surface area contributed by atoms with Crippen LogP contribution in [0.5, 0.6) is 11.5 Å². The van der Waals surface area contributed by atoms with Crippen molar-refractivity contribution in [1.82, 2.24) is 15.4 Å². The van der Waals surface area contributed by atoms with Crippen molar-refractivity contribution in [3.8, 4) is 11.5 Å². The molecule has 7 nitrogen and oxygen atoms in total. The van der Waals surface area contributed by atoms with Crippen LogP contribution in [-0.4, -0.2) is 53.8 Å². The maximum atomic E-state index is 14.7. The van der Waals surface area contributed by atoms with Crippen molar-refractivity contribution in [3.63, 3.8) is 0 Å². The quantitative estimate of drug-likeness (QED) is 0.221. The van der Waals surface area contributed by atoms with Gasteiger partial charge in [-0.1, -0.05) is 0 Å². The van der Waals surface area contributed by atoms with Crippen LogP contribution in [0.15, 0.2) is 36.5 Å². The van der Waals surface area contributed by atoms with E-state index in [4.69, 9.17) is 14.7 Å². The van der Waals surface area contributed by atoms with Gasteiger partial charge >= 0.3 is 0 Å². The molecule has 0 aliphatic carbocycles. The smallest absolute Gasteiger partial charge is 0.246 e. The molecule has 0 spiro atoms. The Bertz CT molecular complexity index is 1270. The first-order chi connectivity index (χ1) is 18.3. The second kappa shape index (κ2) is 12.4. The van der Waals surface area contributed by atoms with Crippen LogP contribution < -0.4 is 15.0 Å². The lowest BCUT2D eigenvalue weighted by Crippen LogP contribution is -2.47. The molecule has 2 atom stereocenters. The van der Waals surface area contributed by atoms with E-state index in [1.165, 1.54) is 13.3 Å². The Labute approximate surface area is 217 Å². The monoisotopic (exact) mass is 535 g/mol. The molecule has 38 heavy (non-hydrogen) atoms. The van der Waals surface area contributed by atoms with Crippen LogP contribution in [0.3, 0.4) is 0 Å². The molecule has 3 aromatic rings. The van der Waals surface area contributed by atoms with Crippen molar-refractivity contribution in [1.29, 1.82) is 0 Å². The zero-order valence-electron chi connectivity index (χ0n) is 20.9. The second-order valence-electron chi connectivity index (χ2n) is 9.29. The molecule has 1 fully saturated rings. The Morgan fingerprint density at radius 1 is 1.16 bits per heavy atom. The van der Waals surface area contributed by atoms with E-state index in [9.17, 15) is 22.4 Å². The van der Waals surface area contributed by atoms with E-state index in [2.05, 4.69) is 4.98 Å². The van der Waals surface area contributed by atoms with Gasteiger partial charge in [-0.2, -0.15) is 0 Å². The number of carbonyl (C=O) groups is 1. The molecule has 1 aromatic heterocycles. The van der Waals surface area contributed by atoms with Gasteiger partial charge in [0.05, 0.1) is 18.8 Å². The van der Waals surface area contributed by atoms with Crippen LogP contribution in [0.1, 0.15) is 31.2 Å². The van der Waals surface area contributed by atoms with Gasteiger partial charge in [-0.05, 0) is 62.4 Å². The largest absolute Gasteiger partial charge is 0.497 e. The number of rotatable bonds is 10. The van der Waals surface area contributed by atoms with Gasteiger partial charge in [0.15, 0.2) is 17.4 Å². The number of halogens is 4. The predicted octanol–water partition coefficient (Wildman–Crippen LogP) is 4.79. The van der Waals surface area contributed by atoms with Gasteiger partial charge < -0.3 is 9.47 Å². The summed E-state index contributed by atoms with van der Waals surface area (Å²) < 4.78 is 66.3. The minimum Gasteiger partial charge on any atom is -0.497 e. The fourth-order valence-corrected chi connectivity index (χ4v) is 5.05. The van der Waals surface area contributed by atoms with E-state index in [0.29, 0.717) is 79.5 Å². The van der Waals surface area contributed by atoms with Crippen LogP contribution in [0.25, 0.3) is 10.9 Å². The van der Waals surface area contributed by atoms with Gasteiger partial charge in [0.1, 0.15) is 24.0 Å². The molecular formula is C27H29F4N3O4. The minimum absolute atomic E-state index is 0.0593. The number of hydrogen-bond acceptors (Lipinski definition) is 6. The fourth-order valence-electron chi connectivity index (χ4n) is 5.05. The number of hydrogen-bond donors (Lipinski definition) is 2. The fraction of sp³-hybridized carbons (Fsp3) is 0.407. The van der Waals surface area contributed by atoms with Gasteiger partial charge in [0, 0.05) is 36.0 Å². The number of nitrogens with zero attached hydrogens (tertiary/aromatic N) is 2. The first-order valence-electron chi connectivity index (χ1n) is 12.4. The highest BCUT2D eigenvalue weighted by atomic mass is 19.1. The lowest BCUT2D eigenvalue weighted by molar-refractivity contribution is -0.135. The van der Waals surface area contributed by atoms with E-state index in [-0.39, 0.29) is 12.6 Å². The Balaban J connectivity index is 1.43. The Morgan fingerprint density at radius 2 is 1.92 bits per heavy atom. The molecule has 1 amide bonds. The third kappa shape index (κ3) is 6.33. The number of benzene rings is 2. The topological polar surface area (TPSA) is 83.9 Å². The Morgan fingerprint density at radius 3 is 2.63 bits per heavy atom. The maximum Gasteiger partial charge on any atom is 0.246 e. The summed E-state index contributed by atoms with van der Waals surface area (Å²) in [4.78, 5) is 18.3. The number of carbonyl (C=O) groups excluding carboxylic acids is 1. The lowest BCUT2D eigenvalue weighted by atomic mass is 9.87. The average Bonchev–Trinajstić information content (AvgIpc) is 2.91. The lowest BCUT2D eigenvalue weighted by Gasteiger charge is -2.39. The van der Waals surface area contributed by atoms with Gasteiger partial charge in [-0.25, -0.2) is 23.0 Å². The molecule has 2 heterocycles. The molecule has 2 N–H and O–H groups in total. The zero-order valence-corrected chi connectivity index (χ0v) is 20.9. The molecule has 2 aromatic carbocycles. The van der Waals surface area contributed by atoms with E-state index in [1.54, 1.807) is 23.7 Å². The summed E-state index contributed by atoms with van der Waals surface area (Å²) >= 11 is 0. The summed E-state index contributed by atoms with van der Waals surface area (Å²) in [5.41, 5.74) is 2.88. The number of piperidine rings is 1. The number of aryl methyl sites for hydroxylation is 1. The second-order valence-corrected chi connectivity index (χ2v) is 9.29. The Hall–Kier alpha value is -3.44. The normalized spacial score (nSPS) is 17.9. The summed E-state index contributed by atoms with van der Waals surface area (Å²) in [7, 11) is 1.53. The van der Waals surface area contributed by atoms with Gasteiger partial charge in [-0.15, -0.1) is 0 Å². The van der Waals surface area contributed by atoms with Gasteiger partial charge in [0.2, 0.25) is 5.91 Å². The van der Waals surface area contributed by atoms with E-state index < -0.39 is 40.8 Å². The number of nitrogens with one attached hydrogen (secondary N) is 1. The standard InChI is InChI=1S/C27H29F4N3O4/c1-37-19-5-6-25-21(14-19)20(24(31)15-32-25)4-2-3-18-11-16(27(35)33-36)7-8-34(18)9-10-38-26-22(29)12-17(28)13-23(26)30/h5-6,12-16,18,36H,2-4,7-11H2,1H3,(H,33,35). The van der Waals surface area contributed by atoms with E-state index in [1.807, 2.05) is 4.90 Å². The number of ether oxygens (including phenoxy) is 2. The highest BCUT2D eigenvalue weighted by Crippen LogP contribution is 2.30. The molecule has 0 saturated carbocycles. The number of fused-ring (bicyclic) bond motifs is 1. The van der Waals surface area contributed by atoms with Crippen molar-refractivity contribution < 1.29 is 37.0 Å². The molecule has 2 unspecified atom stereocenters. The maximum absolute atomic E-state index is 14.7. The van der Waals surface area contributed by atoms with Crippen LogP contribution in [-0.2, 0) is 11.2 Å². The van der Waals surface area contributed by atoms with Crippen LogP contribution >= 0.6 is 0 Å². The van der Waals surface area contributed by atoms with E-state index in [0.717, 1.165) is 0 Å². The van der Waals surface area contributed by atoms with Crippen molar-refractivity contribution in [2.24, 2.45) is 5.92 Å². The van der Waals surface area contributed by atoms with Crippen LogP contribution in [0, 0.1) is 29.2 Å². The first-order valence-corrected chi connectivity index (χ1v) is 12.4. The van der Waals surface area contributed by atoms with Crippen molar-refractivity contribution >= 4 is 16.8 Å². The molecule has 1 aliphatic heterocycles. The molecule has 1 aliphatic rings. The highest BCUT2D eigenvalue weighted by molar-refractivity contribution is 5.83. The number of pyridine rings is 1. The average molecular weight is 536 g/mol. The summed E-state index contributed by atoms with van der Waals surface area (Å²) in [5.74, 6) is -4.63. The summed E-state index contributed by atoms with van der Waals surface area (Å²) in [6.07, 6.45) is 3.72. The SMILES string of the molecule is COc1ccc2ncc(F)c(CCCC3CC(C(=O)NO)CCN3CCOc3c(F)cc(F)cc3F)c2c1. The number of amides is 1. The van der Waals surface area contributed by atoms with Crippen molar-refractivity contribution in [2.45, 2.75) is 38.1 Å². The molecule has 204 valence electrons. The molecule has 0 bridgehead atoms. The predicted molar refractivity (Wildman–Crippen MR) is 131 cm³/mol. The van der Waals surface area contributed by atoms with Crippen molar-refractivity contribution in [2.75, 3.05) is 26.8 Å². The summed E-state index contributed by atoms with van der Waals surface area (Å²) in [5, 5.41) is 9.75. The minimum atomic E-state index is -1.12. The molecule has 4 rings (SSSR count). The molecule has 0 radical (unpaired) electrons. The highest BCUT2D eigenvalue weighted by Gasteiger charge is 2.32. The first kappa shape index (κ1) is 27.6. The summed E-state index contributed by atoms with van der Waals surface area (Å²) in [6.45, 7) is 0.735. The number of aromatic nitrogens is 1. The molecular weight excluding hydrogens is 506 g/mol. The number of likely N-dealkylation sites (tertiary alicyclic amines) is 1. The Kier molecular flexibility index (Phi) is 9.01. The number of methoxy groups -OCH3 is 1. The van der Waals surface area contributed by atoms with Crippen molar-refractivity contribution in [3.05, 3.63) is 65.4 Å². The van der Waals surface area contributed by atoms with E-state index >= 15 is 0 Å².